The molecule has 0 saturated heterocycles. The number of carbonyl (C=O) groups is 1. The summed E-state index contributed by atoms with van der Waals surface area (Å²) in [4.78, 5) is 22.7. The summed E-state index contributed by atoms with van der Waals surface area (Å²) < 4.78 is 0. The lowest BCUT2D eigenvalue weighted by molar-refractivity contribution is -0.138. The number of aliphatic imine (C=N–C) groups is 1. The van der Waals surface area contributed by atoms with Gasteiger partial charge in [0.2, 0.25) is 0 Å². The van der Waals surface area contributed by atoms with Crippen LogP contribution in [0.25, 0.3) is 11.3 Å². The number of amidine groups is 1. The first-order valence-corrected chi connectivity index (χ1v) is 9.24. The molecule has 0 bridgehead atoms. The maximum Gasteiger partial charge on any atom is 0.330 e. The maximum atomic E-state index is 11.6. The minimum absolute atomic E-state index is 0.361. The van der Waals surface area contributed by atoms with Gasteiger partial charge in [-0.05, 0) is 24.1 Å². The van der Waals surface area contributed by atoms with Crippen molar-refractivity contribution in [2.45, 2.75) is 19.5 Å². The van der Waals surface area contributed by atoms with Crippen LogP contribution in [-0.4, -0.2) is 39.4 Å². The predicted octanol–water partition coefficient (Wildman–Crippen LogP) is 3.77. The van der Waals surface area contributed by atoms with Crippen LogP contribution in [-0.2, 0) is 11.3 Å². The van der Waals surface area contributed by atoms with E-state index in [9.17, 15) is 9.90 Å². The lowest BCUT2D eigenvalue weighted by Gasteiger charge is -2.22. The summed E-state index contributed by atoms with van der Waals surface area (Å²) in [5.41, 5.74) is 4.96. The first kappa shape index (κ1) is 17.9. The van der Waals surface area contributed by atoms with Crippen LogP contribution in [0.15, 0.2) is 77.9 Å². The van der Waals surface area contributed by atoms with E-state index in [2.05, 4.69) is 9.98 Å². The largest absolute Gasteiger partial charge is 0.480 e. The molecular formula is C23H21N3O2. The van der Waals surface area contributed by atoms with Gasteiger partial charge in [0.1, 0.15) is 5.84 Å². The second-order valence-electron chi connectivity index (χ2n) is 6.92. The molecule has 0 saturated carbocycles. The zero-order chi connectivity index (χ0) is 19.5. The Bertz CT molecular complexity index is 1020. The summed E-state index contributed by atoms with van der Waals surface area (Å²) in [6, 6.07) is 21.3. The minimum Gasteiger partial charge on any atom is -0.480 e. The van der Waals surface area contributed by atoms with Gasteiger partial charge in [0.15, 0.2) is 6.04 Å². The van der Waals surface area contributed by atoms with Crippen LogP contribution in [0, 0.1) is 6.92 Å². The van der Waals surface area contributed by atoms with Gasteiger partial charge in [0.25, 0.3) is 0 Å². The van der Waals surface area contributed by atoms with E-state index in [0.29, 0.717) is 18.9 Å². The van der Waals surface area contributed by atoms with Gasteiger partial charge in [0, 0.05) is 23.9 Å². The standard InChI is InChI=1S/C23H21N3O2/c1-16-12-20(18-10-6-3-7-11-18)24-13-19(16)22-25-21(23(27)28)15-26(22)14-17-8-4-2-5-9-17/h2-13,21H,14-15H2,1H3,(H,27,28). The molecule has 0 amide bonds. The Morgan fingerprint density at radius 3 is 2.43 bits per heavy atom. The zero-order valence-corrected chi connectivity index (χ0v) is 15.6. The quantitative estimate of drug-likeness (QED) is 0.741. The van der Waals surface area contributed by atoms with Crippen LogP contribution in [0.5, 0.6) is 0 Å². The molecule has 1 N–H and O–H groups in total. The Morgan fingerprint density at radius 2 is 1.79 bits per heavy atom. The topological polar surface area (TPSA) is 65.8 Å². The molecule has 2 heterocycles. The molecule has 2 aromatic carbocycles. The van der Waals surface area contributed by atoms with Crippen molar-refractivity contribution in [3.63, 3.8) is 0 Å². The van der Waals surface area contributed by atoms with Crippen molar-refractivity contribution in [1.29, 1.82) is 0 Å². The molecule has 1 aliphatic rings. The normalized spacial score (nSPS) is 16.1. The Balaban J connectivity index is 1.68. The van der Waals surface area contributed by atoms with E-state index in [1.807, 2.05) is 78.6 Å². The maximum absolute atomic E-state index is 11.6. The highest BCUT2D eigenvalue weighted by Gasteiger charge is 2.31. The van der Waals surface area contributed by atoms with Crippen LogP contribution in [0.1, 0.15) is 16.7 Å². The first-order chi connectivity index (χ1) is 13.6. The number of nitrogens with zero attached hydrogens (tertiary/aromatic N) is 3. The van der Waals surface area contributed by atoms with Gasteiger partial charge in [0.05, 0.1) is 12.2 Å². The molecular weight excluding hydrogens is 350 g/mol. The summed E-state index contributed by atoms with van der Waals surface area (Å²) in [6.45, 7) is 2.99. The number of aryl methyl sites for hydroxylation is 1. The molecule has 1 atom stereocenters. The average Bonchev–Trinajstić information content (AvgIpc) is 3.13. The lowest BCUT2D eigenvalue weighted by atomic mass is 10.1. The van der Waals surface area contributed by atoms with Gasteiger partial charge < -0.3 is 10.0 Å². The highest BCUT2D eigenvalue weighted by atomic mass is 16.4. The summed E-state index contributed by atoms with van der Waals surface area (Å²) in [5, 5.41) is 9.47. The van der Waals surface area contributed by atoms with Crippen LogP contribution in [0.3, 0.4) is 0 Å². The molecule has 0 fully saturated rings. The van der Waals surface area contributed by atoms with Crippen LogP contribution >= 0.6 is 0 Å². The third kappa shape index (κ3) is 3.64. The van der Waals surface area contributed by atoms with Gasteiger partial charge in [-0.3, -0.25) is 9.98 Å². The Morgan fingerprint density at radius 1 is 1.11 bits per heavy atom. The molecule has 5 heteroatoms. The number of hydrogen-bond acceptors (Lipinski definition) is 4. The highest BCUT2D eigenvalue weighted by molar-refractivity contribution is 6.03. The fraction of sp³-hybridized carbons (Fsp3) is 0.174. The predicted molar refractivity (Wildman–Crippen MR) is 109 cm³/mol. The van der Waals surface area contributed by atoms with E-state index in [4.69, 9.17) is 0 Å². The van der Waals surface area contributed by atoms with Gasteiger partial charge in [-0.25, -0.2) is 4.79 Å². The SMILES string of the molecule is Cc1cc(-c2ccccc2)ncc1C1=NC(C(=O)O)CN1Cc1ccccc1. The summed E-state index contributed by atoms with van der Waals surface area (Å²) in [5.74, 6) is -0.208. The van der Waals surface area contributed by atoms with Crippen molar-refractivity contribution in [3.8, 4) is 11.3 Å². The number of hydrogen-bond donors (Lipinski definition) is 1. The van der Waals surface area contributed by atoms with Gasteiger partial charge in [-0.15, -0.1) is 0 Å². The van der Waals surface area contributed by atoms with E-state index < -0.39 is 12.0 Å². The molecule has 3 aromatic rings. The minimum atomic E-state index is -0.903. The van der Waals surface area contributed by atoms with Gasteiger partial charge in [-0.2, -0.15) is 0 Å². The smallest absolute Gasteiger partial charge is 0.330 e. The first-order valence-electron chi connectivity index (χ1n) is 9.24. The molecule has 1 unspecified atom stereocenters. The van der Waals surface area contributed by atoms with E-state index in [1.54, 1.807) is 6.20 Å². The number of carboxylic acid groups (broad SMARTS) is 1. The molecule has 0 aliphatic carbocycles. The second-order valence-corrected chi connectivity index (χ2v) is 6.92. The molecule has 140 valence electrons. The lowest BCUT2D eigenvalue weighted by Crippen LogP contribution is -2.32. The number of aromatic nitrogens is 1. The molecule has 4 rings (SSSR count). The highest BCUT2D eigenvalue weighted by Crippen LogP contribution is 2.24. The summed E-state index contributed by atoms with van der Waals surface area (Å²) >= 11 is 0. The number of carboxylic acids is 1. The van der Waals surface area contributed by atoms with Crippen LogP contribution in [0.2, 0.25) is 0 Å². The van der Waals surface area contributed by atoms with Crippen molar-refractivity contribution in [2.24, 2.45) is 4.99 Å². The van der Waals surface area contributed by atoms with Crippen LogP contribution in [0.4, 0.5) is 0 Å². The van der Waals surface area contributed by atoms with E-state index in [0.717, 1.165) is 27.9 Å². The fourth-order valence-electron chi connectivity index (χ4n) is 3.44. The van der Waals surface area contributed by atoms with Gasteiger partial charge >= 0.3 is 5.97 Å². The number of pyridine rings is 1. The Kier molecular flexibility index (Phi) is 4.89. The zero-order valence-electron chi connectivity index (χ0n) is 15.6. The summed E-state index contributed by atoms with van der Waals surface area (Å²) in [7, 11) is 0. The molecule has 0 spiro atoms. The number of rotatable bonds is 5. The third-order valence-corrected chi connectivity index (χ3v) is 4.89. The number of aliphatic carboxylic acids is 1. The van der Waals surface area contributed by atoms with Crippen molar-refractivity contribution in [3.05, 3.63) is 89.6 Å². The van der Waals surface area contributed by atoms with Crippen molar-refractivity contribution < 1.29 is 9.90 Å². The van der Waals surface area contributed by atoms with Crippen molar-refractivity contribution in [2.75, 3.05) is 6.54 Å². The monoisotopic (exact) mass is 371 g/mol. The van der Waals surface area contributed by atoms with Gasteiger partial charge in [-0.1, -0.05) is 60.7 Å². The number of benzene rings is 2. The molecule has 5 nitrogen and oxygen atoms in total. The van der Waals surface area contributed by atoms with E-state index in [1.165, 1.54) is 0 Å². The van der Waals surface area contributed by atoms with Crippen molar-refractivity contribution in [1.82, 2.24) is 9.88 Å². The van der Waals surface area contributed by atoms with Crippen molar-refractivity contribution >= 4 is 11.8 Å². The fourth-order valence-corrected chi connectivity index (χ4v) is 3.44. The average molecular weight is 371 g/mol. The summed E-state index contributed by atoms with van der Waals surface area (Å²) in [6.07, 6.45) is 1.80. The molecule has 1 aromatic heterocycles. The Hall–Kier alpha value is -3.47. The molecule has 0 radical (unpaired) electrons. The molecule has 28 heavy (non-hydrogen) atoms. The van der Waals surface area contributed by atoms with Crippen LogP contribution < -0.4 is 0 Å². The molecule has 1 aliphatic heterocycles. The third-order valence-electron chi connectivity index (χ3n) is 4.89. The van der Waals surface area contributed by atoms with E-state index in [-0.39, 0.29) is 0 Å². The van der Waals surface area contributed by atoms with E-state index >= 15 is 0 Å². The second kappa shape index (κ2) is 7.64. The Labute approximate surface area is 164 Å².